The molecule has 2 fully saturated rings. The van der Waals surface area contributed by atoms with Gasteiger partial charge in [-0.2, -0.15) is 9.97 Å². The normalized spacial score (nSPS) is 21.6. The van der Waals surface area contributed by atoms with Crippen LogP contribution in [0, 0.1) is 19.3 Å². The number of carboxylic acids is 2. The summed E-state index contributed by atoms with van der Waals surface area (Å²) >= 11 is 6.28. The predicted octanol–water partition coefficient (Wildman–Crippen LogP) is 2.12. The Hall–Kier alpha value is -5.51. The van der Waals surface area contributed by atoms with E-state index in [2.05, 4.69) is 31.5 Å². The van der Waals surface area contributed by atoms with E-state index in [1.54, 1.807) is 19.2 Å². The zero-order chi connectivity index (χ0) is 38.1. The summed E-state index contributed by atoms with van der Waals surface area (Å²) < 4.78 is 18.3. The van der Waals surface area contributed by atoms with E-state index in [0.717, 1.165) is 17.5 Å². The number of carbonyl (C=O) groups excluding carboxylic acids is 1. The van der Waals surface area contributed by atoms with Gasteiger partial charge in [0, 0.05) is 37.3 Å². The van der Waals surface area contributed by atoms with Crippen molar-refractivity contribution < 1.29 is 49.0 Å². The Kier molecular flexibility index (Phi) is 10.4. The Morgan fingerprint density at radius 2 is 1.94 bits per heavy atom. The molecule has 0 aliphatic carbocycles. The van der Waals surface area contributed by atoms with Crippen molar-refractivity contribution in [2.75, 3.05) is 37.0 Å². The molecule has 2 aromatic heterocycles. The number of nitrogens with zero attached hydrogens (tertiary/aromatic N) is 5. The summed E-state index contributed by atoms with van der Waals surface area (Å²) in [6.45, 7) is 2.36. The number of aliphatic carboxylic acids is 2. The fourth-order valence-corrected chi connectivity index (χ4v) is 6.45. The standard InChI is InChI=1S/C35H36ClN7O10/c1-4-34(50)24(17-52-35(30(45)46,31(47)48)15-20-7-10-22(11-8-20)42-13-5-12-37-33(42)49)53-29(26(34)44)43-18-39-25-27(40-32(36)41-28(25)43)38-16-21-9-6-19(2)14-23(21)51-3/h1,6-11,14,18,24,26,29,44,50H,5,12-13,15-17H2,2-3H3,(H,37,49)(H,45,46)(H,47,48)(H,38,40,41)/t24-,26+,29-,34-/m1/s1. The number of rotatable bonds is 13. The number of aliphatic hydroxyl groups is 2. The van der Waals surface area contributed by atoms with Gasteiger partial charge in [-0.3, -0.25) is 9.47 Å². The Morgan fingerprint density at radius 3 is 2.60 bits per heavy atom. The average Bonchev–Trinajstić information content (AvgIpc) is 3.67. The fraction of sp³-hybridized carbons (Fsp3) is 0.371. The maximum atomic E-state index is 12.6. The van der Waals surface area contributed by atoms with Gasteiger partial charge < -0.3 is 45.3 Å². The highest BCUT2D eigenvalue weighted by atomic mass is 35.5. The molecule has 4 aromatic rings. The smallest absolute Gasteiger partial charge is 0.348 e. The summed E-state index contributed by atoms with van der Waals surface area (Å²) in [5.74, 6) is -0.686. The lowest BCUT2D eigenvalue weighted by Gasteiger charge is -2.30. The molecule has 18 heteroatoms. The third-order valence-electron chi connectivity index (χ3n) is 9.26. The van der Waals surface area contributed by atoms with Crippen LogP contribution >= 0.6 is 11.6 Å². The van der Waals surface area contributed by atoms with Crippen LogP contribution in [-0.4, -0.2) is 108 Å². The molecule has 2 aliphatic rings. The van der Waals surface area contributed by atoms with Gasteiger partial charge in [0.1, 0.15) is 18.0 Å². The Labute approximate surface area is 307 Å². The zero-order valence-electron chi connectivity index (χ0n) is 28.5. The topological polar surface area (TPSA) is 231 Å². The molecule has 17 nitrogen and oxygen atoms in total. The maximum Gasteiger partial charge on any atom is 0.348 e. The molecule has 2 amide bonds. The lowest BCUT2D eigenvalue weighted by molar-refractivity contribution is -0.191. The number of imidazole rings is 1. The highest BCUT2D eigenvalue weighted by Gasteiger charge is 2.58. The van der Waals surface area contributed by atoms with Gasteiger partial charge in [0.05, 0.1) is 20.0 Å². The number of benzene rings is 2. The molecule has 0 bridgehead atoms. The van der Waals surface area contributed by atoms with Crippen molar-refractivity contribution in [1.82, 2.24) is 24.8 Å². The Balaban J connectivity index is 1.23. The minimum Gasteiger partial charge on any atom is -0.496 e. The van der Waals surface area contributed by atoms with Crippen LogP contribution in [0.25, 0.3) is 11.2 Å². The number of amides is 2. The van der Waals surface area contributed by atoms with Gasteiger partial charge in [0.15, 0.2) is 28.8 Å². The van der Waals surface area contributed by atoms with Gasteiger partial charge in [-0.25, -0.2) is 19.4 Å². The monoisotopic (exact) mass is 749 g/mol. The van der Waals surface area contributed by atoms with Gasteiger partial charge in [-0.1, -0.05) is 30.2 Å². The first kappa shape index (κ1) is 37.3. The second-order valence-electron chi connectivity index (χ2n) is 12.6. The second kappa shape index (κ2) is 14.8. The number of aromatic nitrogens is 4. The SMILES string of the molecule is C#C[C@@]1(O)[C@@H](COC(Cc2ccc(N3CCCNC3=O)cc2)(C(=O)O)C(=O)O)O[C@@H](n2cnc3c(NCc4ccc(C)cc4OC)nc(Cl)nc32)[C@@H]1O. The molecule has 278 valence electrons. The molecule has 53 heavy (non-hydrogen) atoms. The lowest BCUT2D eigenvalue weighted by Crippen LogP contribution is -2.55. The molecule has 4 heterocycles. The van der Waals surface area contributed by atoms with Crippen molar-refractivity contribution in [1.29, 1.82) is 0 Å². The van der Waals surface area contributed by atoms with Crippen molar-refractivity contribution in [3.63, 3.8) is 0 Å². The molecule has 4 atom stereocenters. The van der Waals surface area contributed by atoms with Crippen molar-refractivity contribution in [3.8, 4) is 18.1 Å². The lowest BCUT2D eigenvalue weighted by atomic mass is 9.91. The summed E-state index contributed by atoms with van der Waals surface area (Å²) in [5, 5.41) is 48.9. The Morgan fingerprint density at radius 1 is 1.21 bits per heavy atom. The number of hydrogen-bond donors (Lipinski definition) is 6. The van der Waals surface area contributed by atoms with Crippen LogP contribution in [0.4, 0.5) is 16.3 Å². The van der Waals surface area contributed by atoms with E-state index < -0.39 is 54.6 Å². The number of carbonyl (C=O) groups is 3. The quantitative estimate of drug-likeness (QED) is 0.0654. The van der Waals surface area contributed by atoms with E-state index in [4.69, 9.17) is 32.2 Å². The highest BCUT2D eigenvalue weighted by molar-refractivity contribution is 6.28. The van der Waals surface area contributed by atoms with Crippen LogP contribution in [0.1, 0.15) is 29.3 Å². The number of hydrogen-bond acceptors (Lipinski definition) is 12. The number of methoxy groups -OCH3 is 1. The number of urea groups is 1. The van der Waals surface area contributed by atoms with Gasteiger partial charge in [-0.15, -0.1) is 6.42 Å². The summed E-state index contributed by atoms with van der Waals surface area (Å²) in [5.41, 5.74) is -2.41. The number of ether oxygens (including phenoxy) is 3. The van der Waals surface area contributed by atoms with Crippen LogP contribution in [0.3, 0.4) is 0 Å². The number of terminal acetylenes is 1. The van der Waals surface area contributed by atoms with Gasteiger partial charge in [-0.05, 0) is 54.3 Å². The largest absolute Gasteiger partial charge is 0.496 e. The number of carboxylic acid groups (broad SMARTS) is 2. The van der Waals surface area contributed by atoms with E-state index in [9.17, 15) is 34.8 Å². The van der Waals surface area contributed by atoms with Gasteiger partial charge in [0.2, 0.25) is 5.28 Å². The molecule has 0 unspecified atom stereocenters. The van der Waals surface area contributed by atoms with Crippen LogP contribution in [0.2, 0.25) is 5.28 Å². The van der Waals surface area contributed by atoms with Crippen LogP contribution in [0.5, 0.6) is 5.75 Å². The third kappa shape index (κ3) is 7.02. The number of nitrogens with one attached hydrogen (secondary N) is 2. The van der Waals surface area contributed by atoms with Crippen molar-refractivity contribution in [3.05, 3.63) is 70.8 Å². The van der Waals surface area contributed by atoms with Crippen LogP contribution < -0.4 is 20.3 Å². The summed E-state index contributed by atoms with van der Waals surface area (Å²) in [6, 6.07) is 11.5. The van der Waals surface area contributed by atoms with E-state index >= 15 is 0 Å². The number of aliphatic hydroxyl groups excluding tert-OH is 1. The highest BCUT2D eigenvalue weighted by Crippen LogP contribution is 2.40. The van der Waals surface area contributed by atoms with Gasteiger partial charge in [0.25, 0.3) is 5.60 Å². The molecule has 0 saturated carbocycles. The molecule has 2 aromatic carbocycles. The first-order valence-electron chi connectivity index (χ1n) is 16.4. The van der Waals surface area contributed by atoms with Gasteiger partial charge >= 0.3 is 18.0 Å². The molecular weight excluding hydrogens is 714 g/mol. The maximum absolute atomic E-state index is 12.6. The molecule has 0 radical (unpaired) electrons. The first-order chi connectivity index (χ1) is 25.3. The van der Waals surface area contributed by atoms with Crippen LogP contribution in [0.15, 0.2) is 48.8 Å². The molecule has 6 N–H and O–H groups in total. The molecular formula is C35H36ClN7O10. The number of fused-ring (bicyclic) bond motifs is 1. The van der Waals surface area contributed by atoms with Crippen molar-refractivity contribution in [2.45, 2.75) is 55.9 Å². The zero-order valence-corrected chi connectivity index (χ0v) is 29.3. The molecule has 2 aliphatic heterocycles. The number of halogens is 1. The second-order valence-corrected chi connectivity index (χ2v) is 12.9. The fourth-order valence-electron chi connectivity index (χ4n) is 6.29. The Bertz CT molecular complexity index is 2070. The van der Waals surface area contributed by atoms with E-state index in [0.29, 0.717) is 24.5 Å². The summed E-state index contributed by atoms with van der Waals surface area (Å²) in [4.78, 5) is 51.8. The van der Waals surface area contributed by atoms with E-state index in [1.165, 1.54) is 27.9 Å². The average molecular weight is 750 g/mol. The van der Waals surface area contributed by atoms with Crippen LogP contribution in [-0.2, 0) is 32.0 Å². The number of aryl methyl sites for hydroxylation is 1. The van der Waals surface area contributed by atoms with E-state index in [1.807, 2.05) is 25.1 Å². The van der Waals surface area contributed by atoms with Crippen molar-refractivity contribution in [2.24, 2.45) is 0 Å². The minimum atomic E-state index is -2.87. The molecule has 6 rings (SSSR count). The summed E-state index contributed by atoms with van der Waals surface area (Å²) in [6.07, 6.45) is 2.06. The molecule has 2 saturated heterocycles. The first-order valence-corrected chi connectivity index (χ1v) is 16.7. The number of anilines is 2. The summed E-state index contributed by atoms with van der Waals surface area (Å²) in [7, 11) is 1.56. The third-order valence-corrected chi connectivity index (χ3v) is 9.43. The minimum absolute atomic E-state index is 0.0873. The predicted molar refractivity (Wildman–Crippen MR) is 189 cm³/mol. The van der Waals surface area contributed by atoms with Crippen molar-refractivity contribution >= 4 is 52.2 Å². The van der Waals surface area contributed by atoms with E-state index in [-0.39, 0.29) is 40.4 Å². The molecule has 0 spiro atoms.